The summed E-state index contributed by atoms with van der Waals surface area (Å²) in [5.41, 5.74) is 0. The molecule has 1 aromatic rings. The summed E-state index contributed by atoms with van der Waals surface area (Å²) in [4.78, 5) is 26.1. The predicted molar refractivity (Wildman–Crippen MR) is 36.8 cm³/mol. The lowest BCUT2D eigenvalue weighted by atomic mass is 10.7. The molecule has 0 saturated carbocycles. The van der Waals surface area contributed by atoms with Gasteiger partial charge in [-0.2, -0.15) is 0 Å². The van der Waals surface area contributed by atoms with E-state index in [-0.39, 0.29) is 4.68 Å². The molecule has 0 amide bonds. The molecule has 0 fully saturated rings. The van der Waals surface area contributed by atoms with Crippen molar-refractivity contribution in [3.05, 3.63) is 36.7 Å². The van der Waals surface area contributed by atoms with E-state index in [1.165, 1.54) is 0 Å². The fourth-order valence-electron chi connectivity index (χ4n) is 0.750. The first-order valence-corrected chi connectivity index (χ1v) is 3.11. The van der Waals surface area contributed by atoms with Crippen LogP contribution < -0.4 is 0 Å². The van der Waals surface area contributed by atoms with Gasteiger partial charge in [0.2, 0.25) is 14.8 Å². The highest BCUT2D eigenvalue weighted by atomic mass is 16.7. The van der Waals surface area contributed by atoms with Crippen molar-refractivity contribution in [2.75, 3.05) is 0 Å². The number of hydrogen-bond acceptors (Lipinski definition) is 9. The molecule has 0 spiro atoms. The molecule has 13 heteroatoms. The molecule has 0 aromatic carbocycles. The first-order chi connectivity index (χ1) is 6.94. The van der Waals surface area contributed by atoms with E-state index in [0.29, 0.717) is 6.33 Å². The summed E-state index contributed by atoms with van der Waals surface area (Å²) in [6.07, 6.45) is 0.411. The van der Waals surface area contributed by atoms with Crippen LogP contribution in [0.5, 0.6) is 0 Å². The van der Waals surface area contributed by atoms with Gasteiger partial charge in [-0.1, -0.05) is 0 Å². The highest BCUT2D eigenvalue weighted by Crippen LogP contribution is 2.16. The fraction of sp³-hybridized carbons (Fsp3) is 0.500. The minimum atomic E-state index is -3.83. The molecule has 1 aromatic heterocycles. The molecule has 13 nitrogen and oxygen atoms in total. The SMILES string of the molecule is O=[N+]([O-])C(n1cnnn1)([N+](=O)[O-])[N+](=O)[O-]. The van der Waals surface area contributed by atoms with Gasteiger partial charge < -0.3 is 0 Å². The third kappa shape index (κ3) is 1.21. The van der Waals surface area contributed by atoms with Crippen LogP contribution in [-0.4, -0.2) is 35.0 Å². The Bertz CT molecular complexity index is 373. The molecule has 1 rings (SSSR count). The second kappa shape index (κ2) is 3.20. The van der Waals surface area contributed by atoms with Crippen LogP contribution in [0.4, 0.5) is 0 Å². The van der Waals surface area contributed by atoms with E-state index in [9.17, 15) is 30.3 Å². The Hall–Kier alpha value is -2.73. The first-order valence-electron chi connectivity index (χ1n) is 3.11. The minimum Gasteiger partial charge on any atom is -0.251 e. The molecule has 0 aliphatic carbocycles. The van der Waals surface area contributed by atoms with Gasteiger partial charge in [0.1, 0.15) is 0 Å². The van der Waals surface area contributed by atoms with Crippen LogP contribution in [-0.2, 0) is 5.91 Å². The molecule has 0 bridgehead atoms. The Morgan fingerprint density at radius 3 is 1.80 bits per heavy atom. The molecule has 0 aliphatic rings. The number of hydrogen-bond donors (Lipinski definition) is 0. The van der Waals surface area contributed by atoms with Gasteiger partial charge in [0.15, 0.2) is 6.33 Å². The molecule has 0 aliphatic heterocycles. The highest BCUT2D eigenvalue weighted by molar-refractivity contribution is 4.52. The molecule has 0 unspecified atom stereocenters. The molecule has 0 radical (unpaired) electrons. The first kappa shape index (κ1) is 10.4. The Kier molecular flexibility index (Phi) is 2.21. The standard InChI is InChI=1S/C2HN7O6/c10-7(11)2(8(12)13,9(14)15)6-1-3-4-5-6/h1H. The zero-order chi connectivity index (χ0) is 11.6. The predicted octanol–water partition coefficient (Wildman–Crippen LogP) is -1.93. The third-order valence-electron chi connectivity index (χ3n) is 1.39. The van der Waals surface area contributed by atoms with E-state index in [2.05, 4.69) is 15.5 Å². The minimum absolute atomic E-state index is 0.160. The lowest BCUT2D eigenvalue weighted by Gasteiger charge is -2.05. The number of aromatic nitrogens is 4. The molecule has 0 N–H and O–H groups in total. The van der Waals surface area contributed by atoms with Gasteiger partial charge in [0, 0.05) is 0 Å². The van der Waals surface area contributed by atoms with E-state index >= 15 is 0 Å². The average Bonchev–Trinajstić information content (AvgIpc) is 2.55. The summed E-state index contributed by atoms with van der Waals surface area (Å²) in [6.45, 7) is 0. The monoisotopic (exact) mass is 219 g/mol. The number of nitro groups is 3. The van der Waals surface area contributed by atoms with Crippen LogP contribution in [0.2, 0.25) is 0 Å². The Morgan fingerprint density at radius 1 is 1.07 bits per heavy atom. The smallest absolute Gasteiger partial charge is 0.251 e. The number of rotatable bonds is 4. The summed E-state index contributed by atoms with van der Waals surface area (Å²) < 4.78 is -0.160. The van der Waals surface area contributed by atoms with Crippen LogP contribution in [0.3, 0.4) is 0 Å². The summed E-state index contributed by atoms with van der Waals surface area (Å²) in [7, 11) is 0. The third-order valence-corrected chi connectivity index (χ3v) is 1.39. The maximum atomic E-state index is 10.4. The van der Waals surface area contributed by atoms with Gasteiger partial charge in [-0.15, -0.1) is 5.10 Å². The van der Waals surface area contributed by atoms with Crippen molar-refractivity contribution >= 4 is 0 Å². The van der Waals surface area contributed by atoms with Gasteiger partial charge in [0.05, 0.1) is 0 Å². The Balaban J connectivity index is 3.47. The summed E-state index contributed by atoms with van der Waals surface area (Å²) >= 11 is 0. The fourth-order valence-corrected chi connectivity index (χ4v) is 0.750. The normalized spacial score (nSPS) is 10.9. The Morgan fingerprint density at radius 2 is 1.53 bits per heavy atom. The number of tetrazole rings is 1. The highest BCUT2D eigenvalue weighted by Gasteiger charge is 2.75. The average molecular weight is 219 g/mol. The van der Waals surface area contributed by atoms with Crippen LogP contribution in [0, 0.1) is 30.3 Å². The van der Waals surface area contributed by atoms with Crippen LogP contribution in [0.15, 0.2) is 6.33 Å². The van der Waals surface area contributed by atoms with Crippen molar-refractivity contribution in [1.82, 2.24) is 20.2 Å². The van der Waals surface area contributed by atoms with E-state index in [4.69, 9.17) is 0 Å². The summed E-state index contributed by atoms with van der Waals surface area (Å²) in [6, 6.07) is 0. The Labute approximate surface area is 78.7 Å². The van der Waals surface area contributed by atoms with Crippen LogP contribution in [0.25, 0.3) is 0 Å². The van der Waals surface area contributed by atoms with E-state index in [1.54, 1.807) is 0 Å². The van der Waals surface area contributed by atoms with Gasteiger partial charge >= 0.3 is 5.91 Å². The molecule has 15 heavy (non-hydrogen) atoms. The van der Waals surface area contributed by atoms with Crippen molar-refractivity contribution < 1.29 is 14.8 Å². The van der Waals surface area contributed by atoms with Crippen molar-refractivity contribution in [3.63, 3.8) is 0 Å². The largest absolute Gasteiger partial charge is 0.823 e. The number of nitrogens with zero attached hydrogens (tertiary/aromatic N) is 7. The van der Waals surface area contributed by atoms with E-state index < -0.39 is 20.7 Å². The lowest BCUT2D eigenvalue weighted by Crippen LogP contribution is -2.55. The summed E-state index contributed by atoms with van der Waals surface area (Å²) in [5, 5.41) is 39.7. The van der Waals surface area contributed by atoms with Crippen LogP contribution in [0.1, 0.15) is 0 Å². The zero-order valence-electron chi connectivity index (χ0n) is 6.66. The van der Waals surface area contributed by atoms with Crippen molar-refractivity contribution in [1.29, 1.82) is 0 Å². The quantitative estimate of drug-likeness (QED) is 0.317. The van der Waals surface area contributed by atoms with Crippen molar-refractivity contribution in [3.8, 4) is 0 Å². The molecular formula is C2HN7O6. The van der Waals surface area contributed by atoms with E-state index in [0.717, 1.165) is 0 Å². The van der Waals surface area contributed by atoms with Gasteiger partial charge in [-0.3, -0.25) is 30.3 Å². The van der Waals surface area contributed by atoms with Gasteiger partial charge in [0.25, 0.3) is 0 Å². The zero-order valence-corrected chi connectivity index (χ0v) is 6.66. The van der Waals surface area contributed by atoms with E-state index in [1.807, 2.05) is 0 Å². The molecule has 0 atom stereocenters. The van der Waals surface area contributed by atoms with Gasteiger partial charge in [-0.25, -0.2) is 0 Å². The topological polar surface area (TPSA) is 173 Å². The van der Waals surface area contributed by atoms with Crippen molar-refractivity contribution in [2.45, 2.75) is 5.91 Å². The molecule has 1 heterocycles. The maximum Gasteiger partial charge on any atom is 0.823 e. The summed E-state index contributed by atoms with van der Waals surface area (Å²) in [5.74, 6) is -3.83. The molecule has 0 saturated heterocycles. The van der Waals surface area contributed by atoms with Crippen molar-refractivity contribution in [2.24, 2.45) is 0 Å². The maximum absolute atomic E-state index is 10.4. The van der Waals surface area contributed by atoms with Crippen LogP contribution >= 0.6 is 0 Å². The molecule has 80 valence electrons. The lowest BCUT2D eigenvalue weighted by molar-refractivity contribution is -1.01. The van der Waals surface area contributed by atoms with Gasteiger partial charge in [-0.05, 0) is 15.1 Å². The second-order valence-corrected chi connectivity index (χ2v) is 2.13. The second-order valence-electron chi connectivity index (χ2n) is 2.13. The molecular weight excluding hydrogens is 218 g/mol.